The summed E-state index contributed by atoms with van der Waals surface area (Å²) in [6, 6.07) is 12.4. The van der Waals surface area contributed by atoms with E-state index in [1.165, 1.54) is 43.2 Å². The van der Waals surface area contributed by atoms with Gasteiger partial charge in [-0.25, -0.2) is 18.7 Å². The van der Waals surface area contributed by atoms with Crippen LogP contribution in [0.25, 0.3) is 11.5 Å². The lowest BCUT2D eigenvalue weighted by Gasteiger charge is -1.93. The van der Waals surface area contributed by atoms with E-state index in [1.807, 2.05) is 0 Å². The second-order valence-electron chi connectivity index (χ2n) is 4.46. The largest absolute Gasteiger partial charge is 0.452 e. The maximum absolute atomic E-state index is 12.5. The van der Waals surface area contributed by atoms with E-state index in [4.69, 9.17) is 4.42 Å². The van der Waals surface area contributed by atoms with Gasteiger partial charge in [-0.1, -0.05) is 0 Å². The summed E-state index contributed by atoms with van der Waals surface area (Å²) in [4.78, 5) is 7.48. The van der Waals surface area contributed by atoms with Crippen molar-refractivity contribution in [3.05, 3.63) is 95.0 Å². The predicted molar refractivity (Wildman–Crippen MR) is 97.5 cm³/mol. The molecule has 0 saturated carbocycles. The molecule has 0 N–H and O–H groups in total. The first-order valence-corrected chi connectivity index (χ1v) is 8.11. The van der Waals surface area contributed by atoms with Crippen molar-refractivity contribution in [3.63, 3.8) is 0 Å². The Morgan fingerprint density at radius 1 is 0.800 bits per heavy atom. The highest BCUT2D eigenvalue weighted by molar-refractivity contribution is 14.1. The third-order valence-electron chi connectivity index (χ3n) is 2.67. The van der Waals surface area contributed by atoms with E-state index in [0.29, 0.717) is 5.89 Å². The lowest BCUT2D eigenvalue weighted by molar-refractivity contribution is 0.558. The van der Waals surface area contributed by atoms with Gasteiger partial charge in [0, 0.05) is 9.13 Å². The summed E-state index contributed by atoms with van der Waals surface area (Å²) in [6.07, 6.45) is 7.51. The third kappa shape index (κ3) is 7.25. The van der Waals surface area contributed by atoms with Gasteiger partial charge in [0.2, 0.25) is 5.89 Å². The molecule has 0 amide bonds. The first-order chi connectivity index (χ1) is 12.1. The molecule has 0 aliphatic carbocycles. The number of halogens is 3. The summed E-state index contributed by atoms with van der Waals surface area (Å²) < 4.78 is 35.1. The Labute approximate surface area is 156 Å². The zero-order valence-corrected chi connectivity index (χ0v) is 15.0. The monoisotopic (exact) mass is 454 g/mol. The minimum absolute atomic E-state index is 0.176. The average Bonchev–Trinajstić information content (AvgIpc) is 3.35. The number of oxazole rings is 2. The summed E-state index contributed by atoms with van der Waals surface area (Å²) in [5.74, 6) is 0.0747. The molecule has 0 aliphatic rings. The van der Waals surface area contributed by atoms with E-state index in [9.17, 15) is 8.78 Å². The van der Waals surface area contributed by atoms with Crippen LogP contribution in [0.2, 0.25) is 0 Å². The smallest absolute Gasteiger partial charge is 0.225 e. The van der Waals surface area contributed by atoms with Crippen molar-refractivity contribution in [2.24, 2.45) is 0 Å². The number of nitrogens with zero attached hydrogens (tertiary/aromatic N) is 2. The molecule has 0 radical (unpaired) electrons. The molecule has 0 saturated heterocycles. The number of benzene rings is 2. The Balaban J connectivity index is 0.000000149. The maximum atomic E-state index is 12.5. The summed E-state index contributed by atoms with van der Waals surface area (Å²) in [5.41, 5.74) is 0.779. The van der Waals surface area contributed by atoms with Crippen molar-refractivity contribution in [1.29, 1.82) is 0 Å². The Hall–Kier alpha value is -2.55. The highest BCUT2D eigenvalue weighted by atomic mass is 127. The molecule has 0 atom stereocenters. The number of hydrogen-bond donors (Lipinski definition) is 0. The van der Waals surface area contributed by atoms with Crippen molar-refractivity contribution in [2.75, 3.05) is 0 Å². The first-order valence-electron chi connectivity index (χ1n) is 7.04. The van der Waals surface area contributed by atoms with Gasteiger partial charge in [-0.2, -0.15) is 0 Å². The van der Waals surface area contributed by atoms with Crippen molar-refractivity contribution in [1.82, 2.24) is 9.97 Å². The fourth-order valence-corrected chi connectivity index (χ4v) is 1.92. The lowest BCUT2D eigenvalue weighted by Crippen LogP contribution is -1.77. The molecule has 0 spiro atoms. The average molecular weight is 454 g/mol. The molecule has 7 heteroatoms. The zero-order chi connectivity index (χ0) is 17.9. The minimum atomic E-state index is -0.259. The molecular formula is C18H13F2IN2O2. The zero-order valence-electron chi connectivity index (χ0n) is 12.9. The first kappa shape index (κ1) is 18.8. The van der Waals surface area contributed by atoms with Gasteiger partial charge in [0.15, 0.2) is 6.39 Å². The van der Waals surface area contributed by atoms with Crippen molar-refractivity contribution in [3.8, 4) is 11.5 Å². The van der Waals surface area contributed by atoms with Gasteiger partial charge in [-0.15, -0.1) is 0 Å². The molecule has 4 nitrogen and oxygen atoms in total. The van der Waals surface area contributed by atoms with Crippen LogP contribution in [0.5, 0.6) is 0 Å². The molecule has 25 heavy (non-hydrogen) atoms. The van der Waals surface area contributed by atoms with Crippen molar-refractivity contribution >= 4 is 22.6 Å². The van der Waals surface area contributed by atoms with Gasteiger partial charge >= 0.3 is 0 Å². The van der Waals surface area contributed by atoms with Crippen LogP contribution in [0.15, 0.2) is 88.7 Å². The van der Waals surface area contributed by atoms with E-state index in [1.54, 1.807) is 36.7 Å². The van der Waals surface area contributed by atoms with Crippen LogP contribution in [-0.4, -0.2) is 9.97 Å². The van der Waals surface area contributed by atoms with Crippen LogP contribution < -0.4 is 0 Å². The van der Waals surface area contributed by atoms with Crippen LogP contribution >= 0.6 is 22.6 Å². The molecule has 2 aromatic carbocycles. The van der Waals surface area contributed by atoms with Gasteiger partial charge < -0.3 is 8.83 Å². The Bertz CT molecular complexity index is 780. The second kappa shape index (κ2) is 10.3. The standard InChI is InChI=1S/C9H6FNO.C6H4FI.C3H3NO/c10-8-3-1-7(2-4-8)9-11-5-6-12-9;7-5-1-3-6(8)4-2-5;1-2-5-3-4-1/h1-6H;1-4H;1-3H. The molecule has 0 bridgehead atoms. The molecule has 128 valence electrons. The van der Waals surface area contributed by atoms with Crippen LogP contribution in [-0.2, 0) is 0 Å². The second-order valence-corrected chi connectivity index (χ2v) is 5.70. The molecular weight excluding hydrogens is 441 g/mol. The fourth-order valence-electron chi connectivity index (χ4n) is 1.56. The Kier molecular flexibility index (Phi) is 7.77. The molecule has 4 rings (SSSR count). The topological polar surface area (TPSA) is 52.1 Å². The number of hydrogen-bond acceptors (Lipinski definition) is 4. The molecule has 4 aromatic rings. The Morgan fingerprint density at radius 2 is 1.44 bits per heavy atom. The maximum Gasteiger partial charge on any atom is 0.225 e. The Morgan fingerprint density at radius 3 is 1.84 bits per heavy atom. The highest BCUT2D eigenvalue weighted by Gasteiger charge is 2.00. The van der Waals surface area contributed by atoms with Crippen LogP contribution in [0.3, 0.4) is 0 Å². The van der Waals surface area contributed by atoms with Crippen molar-refractivity contribution in [2.45, 2.75) is 0 Å². The summed E-state index contributed by atoms with van der Waals surface area (Å²) in [5, 5.41) is 0. The summed E-state index contributed by atoms with van der Waals surface area (Å²) in [7, 11) is 0. The summed E-state index contributed by atoms with van der Waals surface area (Å²) >= 11 is 2.13. The SMILES string of the molecule is Fc1ccc(-c2ncco2)cc1.Fc1ccc(I)cc1.c1cocn1. The van der Waals surface area contributed by atoms with E-state index in [0.717, 1.165) is 9.13 Å². The van der Waals surface area contributed by atoms with Crippen molar-refractivity contribution < 1.29 is 17.6 Å². The third-order valence-corrected chi connectivity index (χ3v) is 3.39. The van der Waals surface area contributed by atoms with E-state index >= 15 is 0 Å². The van der Waals surface area contributed by atoms with E-state index < -0.39 is 0 Å². The van der Waals surface area contributed by atoms with E-state index in [2.05, 4.69) is 37.0 Å². The highest BCUT2D eigenvalue weighted by Crippen LogP contribution is 2.16. The molecule has 2 heterocycles. The molecule has 2 aromatic heterocycles. The van der Waals surface area contributed by atoms with Crippen LogP contribution in [0, 0.1) is 15.2 Å². The van der Waals surface area contributed by atoms with Crippen LogP contribution in [0.4, 0.5) is 8.78 Å². The van der Waals surface area contributed by atoms with Gasteiger partial charge in [0.25, 0.3) is 0 Å². The van der Waals surface area contributed by atoms with E-state index in [-0.39, 0.29) is 11.6 Å². The minimum Gasteiger partial charge on any atom is -0.452 e. The molecule has 0 unspecified atom stereocenters. The lowest BCUT2D eigenvalue weighted by atomic mass is 10.2. The quantitative estimate of drug-likeness (QED) is 0.352. The van der Waals surface area contributed by atoms with Crippen LogP contribution in [0.1, 0.15) is 0 Å². The summed E-state index contributed by atoms with van der Waals surface area (Å²) in [6.45, 7) is 0. The van der Waals surface area contributed by atoms with Gasteiger partial charge in [0.05, 0.1) is 12.4 Å². The predicted octanol–water partition coefficient (Wildman–Crippen LogP) is 5.59. The fraction of sp³-hybridized carbons (Fsp3) is 0. The van der Waals surface area contributed by atoms with Gasteiger partial charge in [-0.05, 0) is 71.1 Å². The van der Waals surface area contributed by atoms with Gasteiger partial charge in [-0.3, -0.25) is 0 Å². The molecule has 0 aliphatic heterocycles. The normalized spacial score (nSPS) is 9.40. The number of aromatic nitrogens is 2. The number of rotatable bonds is 1. The van der Waals surface area contributed by atoms with Gasteiger partial charge in [0.1, 0.15) is 24.2 Å². The molecule has 0 fully saturated rings.